The van der Waals surface area contributed by atoms with Gasteiger partial charge in [-0.1, -0.05) is 49.1 Å². The Balaban J connectivity index is 1.89. The molecule has 0 amide bonds. The molecule has 184 valence electrons. The third-order valence-electron chi connectivity index (χ3n) is 7.72. The number of nitrogens with zero attached hydrogens (tertiary/aromatic N) is 1. The minimum absolute atomic E-state index is 0.571. The van der Waals surface area contributed by atoms with Crippen LogP contribution in [0.4, 0.5) is 0 Å². The first kappa shape index (κ1) is 24.9. The number of aliphatic carboxylic acids is 1. The van der Waals surface area contributed by atoms with Crippen LogP contribution in [0, 0.1) is 20.8 Å². The van der Waals surface area contributed by atoms with Crippen LogP contribution in [0.5, 0.6) is 0 Å². The fraction of sp³-hybridized carbons (Fsp3) is 0.567. The van der Waals surface area contributed by atoms with E-state index < -0.39 is 17.7 Å². The van der Waals surface area contributed by atoms with Crippen molar-refractivity contribution in [1.29, 1.82) is 0 Å². The number of hydrogen-bond acceptors (Lipinski definition) is 3. The van der Waals surface area contributed by atoms with Crippen molar-refractivity contribution in [2.45, 2.75) is 104 Å². The Bertz CT molecular complexity index is 1040. The second kappa shape index (κ2) is 9.83. The van der Waals surface area contributed by atoms with Gasteiger partial charge in [0.25, 0.3) is 0 Å². The van der Waals surface area contributed by atoms with Gasteiger partial charge in [0.1, 0.15) is 0 Å². The van der Waals surface area contributed by atoms with E-state index in [2.05, 4.69) is 49.9 Å². The third kappa shape index (κ3) is 5.08. The van der Waals surface area contributed by atoms with Crippen LogP contribution >= 0.6 is 0 Å². The van der Waals surface area contributed by atoms with Gasteiger partial charge < -0.3 is 9.84 Å². The van der Waals surface area contributed by atoms with Gasteiger partial charge >= 0.3 is 5.97 Å². The van der Waals surface area contributed by atoms with Crippen LogP contribution < -0.4 is 0 Å². The molecule has 1 saturated carbocycles. The van der Waals surface area contributed by atoms with E-state index in [1.807, 2.05) is 20.8 Å². The van der Waals surface area contributed by atoms with Crippen LogP contribution in [-0.2, 0) is 22.5 Å². The molecule has 1 N–H and O–H groups in total. The van der Waals surface area contributed by atoms with Gasteiger partial charge in [-0.3, -0.25) is 4.90 Å². The Morgan fingerprint density at radius 1 is 1.00 bits per heavy atom. The number of ether oxygens (including phenoxy) is 1. The molecule has 0 radical (unpaired) electrons. The van der Waals surface area contributed by atoms with Crippen molar-refractivity contribution in [3.8, 4) is 11.1 Å². The molecule has 1 aliphatic heterocycles. The van der Waals surface area contributed by atoms with E-state index in [9.17, 15) is 9.90 Å². The molecule has 4 nitrogen and oxygen atoms in total. The van der Waals surface area contributed by atoms with Gasteiger partial charge in [-0.2, -0.15) is 0 Å². The van der Waals surface area contributed by atoms with Crippen LogP contribution in [0.25, 0.3) is 11.1 Å². The van der Waals surface area contributed by atoms with Crippen molar-refractivity contribution < 1.29 is 14.6 Å². The van der Waals surface area contributed by atoms with E-state index in [0.717, 1.165) is 41.8 Å². The lowest BCUT2D eigenvalue weighted by molar-refractivity contribution is -0.160. The summed E-state index contributed by atoms with van der Waals surface area (Å²) in [5.41, 5.74) is 8.60. The maximum absolute atomic E-state index is 12.6. The predicted octanol–water partition coefficient (Wildman–Crippen LogP) is 6.91. The molecule has 4 heteroatoms. The number of fused-ring (bicyclic) bond motifs is 1. The topological polar surface area (TPSA) is 49.8 Å². The summed E-state index contributed by atoms with van der Waals surface area (Å²) in [7, 11) is 0. The standard InChI is InChI=1S/C30H41NO3/c1-19-12-14-22(15-13-19)26-20(2)24-16-17-31(23-10-8-7-9-11-23)18-25(24)21(3)27(26)28(29(32)33)34-30(4,5)6/h12-15,23,28H,7-11,16-18H2,1-6H3,(H,32,33). The number of carbonyl (C=O) groups is 1. The lowest BCUT2D eigenvalue weighted by Gasteiger charge is -2.40. The van der Waals surface area contributed by atoms with Crippen molar-refractivity contribution in [3.63, 3.8) is 0 Å². The van der Waals surface area contributed by atoms with Crippen molar-refractivity contribution in [1.82, 2.24) is 4.90 Å². The summed E-state index contributed by atoms with van der Waals surface area (Å²) in [6.07, 6.45) is 6.58. The number of benzene rings is 2. The molecule has 2 aromatic carbocycles. The van der Waals surface area contributed by atoms with Crippen molar-refractivity contribution in [2.24, 2.45) is 0 Å². The van der Waals surface area contributed by atoms with Gasteiger partial charge in [0.15, 0.2) is 6.10 Å². The maximum Gasteiger partial charge on any atom is 0.337 e. The summed E-state index contributed by atoms with van der Waals surface area (Å²) in [5, 5.41) is 10.3. The Morgan fingerprint density at radius 2 is 1.65 bits per heavy atom. The molecule has 4 rings (SSSR count). The van der Waals surface area contributed by atoms with Crippen LogP contribution in [0.15, 0.2) is 24.3 Å². The predicted molar refractivity (Wildman–Crippen MR) is 138 cm³/mol. The maximum atomic E-state index is 12.6. The monoisotopic (exact) mass is 463 g/mol. The van der Waals surface area contributed by atoms with Crippen molar-refractivity contribution in [3.05, 3.63) is 57.6 Å². The second-order valence-corrected chi connectivity index (χ2v) is 11.3. The third-order valence-corrected chi connectivity index (χ3v) is 7.72. The van der Waals surface area contributed by atoms with Gasteiger partial charge in [0.05, 0.1) is 5.60 Å². The fourth-order valence-electron chi connectivity index (χ4n) is 6.01. The molecular weight excluding hydrogens is 422 g/mol. The minimum Gasteiger partial charge on any atom is -0.479 e. The molecular formula is C30H41NO3. The molecule has 1 aliphatic carbocycles. The molecule has 0 bridgehead atoms. The number of aryl methyl sites for hydroxylation is 1. The first-order valence-corrected chi connectivity index (χ1v) is 12.9. The highest BCUT2D eigenvalue weighted by Crippen LogP contribution is 2.43. The quantitative estimate of drug-likeness (QED) is 0.523. The lowest BCUT2D eigenvalue weighted by atomic mass is 9.79. The Morgan fingerprint density at radius 3 is 2.24 bits per heavy atom. The summed E-state index contributed by atoms with van der Waals surface area (Å²) in [4.78, 5) is 15.3. The van der Waals surface area contributed by atoms with Gasteiger partial charge in [-0.05, 0) is 94.2 Å². The van der Waals surface area contributed by atoms with E-state index in [1.54, 1.807) is 0 Å². The molecule has 34 heavy (non-hydrogen) atoms. The SMILES string of the molecule is Cc1ccc(-c2c(C)c3c(c(C)c2C(OC(C)(C)C)C(=O)O)CN(C2CCCCC2)CC3)cc1. The summed E-state index contributed by atoms with van der Waals surface area (Å²) < 4.78 is 6.23. The van der Waals surface area contributed by atoms with Crippen LogP contribution in [0.3, 0.4) is 0 Å². The molecule has 0 aromatic heterocycles. The highest BCUT2D eigenvalue weighted by molar-refractivity contribution is 5.84. The van der Waals surface area contributed by atoms with Crippen molar-refractivity contribution in [2.75, 3.05) is 6.54 Å². The average molecular weight is 464 g/mol. The Labute approximate surface area is 205 Å². The minimum atomic E-state index is -1.01. The summed E-state index contributed by atoms with van der Waals surface area (Å²) >= 11 is 0. The average Bonchev–Trinajstić information content (AvgIpc) is 2.80. The normalized spacial score (nSPS) is 18.5. The zero-order chi connectivity index (χ0) is 24.6. The molecule has 1 heterocycles. The van der Waals surface area contributed by atoms with Gasteiger partial charge in [-0.25, -0.2) is 4.79 Å². The first-order valence-electron chi connectivity index (χ1n) is 12.9. The Kier molecular flexibility index (Phi) is 7.21. The molecule has 0 saturated heterocycles. The Hall–Kier alpha value is -2.17. The molecule has 0 spiro atoms. The largest absolute Gasteiger partial charge is 0.479 e. The number of carboxylic acid groups (broad SMARTS) is 1. The van der Waals surface area contributed by atoms with Gasteiger partial charge in [-0.15, -0.1) is 0 Å². The molecule has 1 fully saturated rings. The zero-order valence-electron chi connectivity index (χ0n) is 21.8. The summed E-state index contributed by atoms with van der Waals surface area (Å²) in [5.74, 6) is -0.925. The van der Waals surface area contributed by atoms with Gasteiger partial charge in [0.2, 0.25) is 0 Å². The molecule has 2 aliphatic rings. The van der Waals surface area contributed by atoms with E-state index in [1.165, 1.54) is 54.4 Å². The first-order chi connectivity index (χ1) is 16.1. The van der Waals surface area contributed by atoms with E-state index >= 15 is 0 Å². The zero-order valence-corrected chi connectivity index (χ0v) is 21.8. The molecule has 1 unspecified atom stereocenters. The number of rotatable bonds is 5. The number of hydrogen-bond donors (Lipinski definition) is 1. The van der Waals surface area contributed by atoms with Crippen molar-refractivity contribution >= 4 is 5.97 Å². The molecule has 1 atom stereocenters. The number of carboxylic acids is 1. The fourth-order valence-corrected chi connectivity index (χ4v) is 6.01. The van der Waals surface area contributed by atoms with Crippen LogP contribution in [-0.4, -0.2) is 34.2 Å². The van der Waals surface area contributed by atoms with Crippen LogP contribution in [0.1, 0.15) is 92.4 Å². The van der Waals surface area contributed by atoms with E-state index in [4.69, 9.17) is 4.74 Å². The van der Waals surface area contributed by atoms with E-state index in [-0.39, 0.29) is 0 Å². The van der Waals surface area contributed by atoms with Crippen LogP contribution in [0.2, 0.25) is 0 Å². The summed E-state index contributed by atoms with van der Waals surface area (Å²) in [6, 6.07) is 9.13. The smallest absolute Gasteiger partial charge is 0.337 e. The lowest BCUT2D eigenvalue weighted by Crippen LogP contribution is -2.41. The molecule has 2 aromatic rings. The second-order valence-electron chi connectivity index (χ2n) is 11.3. The highest BCUT2D eigenvalue weighted by Gasteiger charge is 2.35. The highest BCUT2D eigenvalue weighted by atomic mass is 16.5. The summed E-state index contributed by atoms with van der Waals surface area (Å²) in [6.45, 7) is 14.2. The van der Waals surface area contributed by atoms with Gasteiger partial charge in [0, 0.05) is 24.7 Å². The van der Waals surface area contributed by atoms with E-state index in [0.29, 0.717) is 6.04 Å².